The Bertz CT molecular complexity index is 854. The van der Waals surface area contributed by atoms with Gasteiger partial charge in [0.1, 0.15) is 18.0 Å². The van der Waals surface area contributed by atoms with Crippen molar-refractivity contribution in [1.29, 1.82) is 0 Å². The van der Waals surface area contributed by atoms with E-state index in [4.69, 9.17) is 5.14 Å². The van der Waals surface area contributed by atoms with Crippen LogP contribution in [0.15, 0.2) is 36.7 Å². The van der Waals surface area contributed by atoms with Crippen LogP contribution in [0.25, 0.3) is 11.3 Å². The van der Waals surface area contributed by atoms with E-state index in [2.05, 4.69) is 19.6 Å². The number of benzene rings is 1. The maximum atomic E-state index is 14.0. The lowest BCUT2D eigenvalue weighted by atomic mass is 9.93. The van der Waals surface area contributed by atoms with Crippen molar-refractivity contribution in [1.82, 2.24) is 14.7 Å². The van der Waals surface area contributed by atoms with Crippen LogP contribution in [0.3, 0.4) is 0 Å². The molecule has 3 rings (SSSR count). The van der Waals surface area contributed by atoms with Crippen molar-refractivity contribution in [3.63, 3.8) is 0 Å². The summed E-state index contributed by atoms with van der Waals surface area (Å²) in [6, 6.07) is 8.35. The van der Waals surface area contributed by atoms with Crippen molar-refractivity contribution in [3.8, 4) is 11.3 Å². The molecule has 0 unspecified atom stereocenters. The predicted octanol–water partition coefficient (Wildman–Crippen LogP) is 1.68. The van der Waals surface area contributed by atoms with Gasteiger partial charge in [0.05, 0.1) is 5.69 Å². The molecule has 9 heteroatoms. The largest absolute Gasteiger partial charge is 0.356 e. The molecule has 0 amide bonds. The first-order valence-corrected chi connectivity index (χ1v) is 10.1. The average Bonchev–Trinajstić information content (AvgIpc) is 2.62. The van der Waals surface area contributed by atoms with Crippen LogP contribution in [0, 0.1) is 11.7 Å². The van der Waals surface area contributed by atoms with Crippen LogP contribution < -0.4 is 14.8 Å². The highest BCUT2D eigenvalue weighted by Crippen LogP contribution is 2.27. The van der Waals surface area contributed by atoms with E-state index in [1.165, 1.54) is 12.4 Å². The highest BCUT2D eigenvalue weighted by atomic mass is 32.2. The summed E-state index contributed by atoms with van der Waals surface area (Å²) in [6.07, 6.45) is 4.09. The van der Waals surface area contributed by atoms with Crippen LogP contribution in [0.2, 0.25) is 0 Å². The van der Waals surface area contributed by atoms with E-state index in [0.717, 1.165) is 38.2 Å². The molecule has 0 saturated carbocycles. The number of piperidine rings is 1. The third kappa shape index (κ3) is 4.96. The third-order valence-electron chi connectivity index (χ3n) is 4.60. The van der Waals surface area contributed by atoms with Gasteiger partial charge in [0.25, 0.3) is 10.2 Å². The van der Waals surface area contributed by atoms with Crippen LogP contribution in [-0.4, -0.2) is 38.0 Å². The minimum Gasteiger partial charge on any atom is -0.356 e. The Kier molecular flexibility index (Phi) is 5.80. The number of nitrogens with two attached hydrogens (primary N) is 1. The number of nitrogens with zero attached hydrogens (tertiary/aromatic N) is 3. The van der Waals surface area contributed by atoms with Crippen LogP contribution in [0.1, 0.15) is 19.3 Å². The van der Waals surface area contributed by atoms with Crippen molar-refractivity contribution in [3.05, 3.63) is 42.5 Å². The van der Waals surface area contributed by atoms with E-state index < -0.39 is 10.2 Å². The van der Waals surface area contributed by atoms with Crippen molar-refractivity contribution in [2.24, 2.45) is 11.1 Å². The molecular weight excluding hydrogens is 357 g/mol. The summed E-state index contributed by atoms with van der Waals surface area (Å²) >= 11 is 0. The Morgan fingerprint density at radius 3 is 2.65 bits per heavy atom. The lowest BCUT2D eigenvalue weighted by Gasteiger charge is -2.32. The first-order valence-electron chi connectivity index (χ1n) is 8.51. The van der Waals surface area contributed by atoms with E-state index >= 15 is 0 Å². The van der Waals surface area contributed by atoms with E-state index in [9.17, 15) is 12.8 Å². The third-order valence-corrected chi connectivity index (χ3v) is 5.20. The summed E-state index contributed by atoms with van der Waals surface area (Å²) in [5, 5.41) is 4.93. The first-order chi connectivity index (χ1) is 12.4. The zero-order chi connectivity index (χ0) is 18.6. The van der Waals surface area contributed by atoms with Gasteiger partial charge in [-0.05, 0) is 37.3 Å². The molecule has 7 nitrogen and oxygen atoms in total. The molecule has 26 heavy (non-hydrogen) atoms. The Morgan fingerprint density at radius 2 is 1.96 bits per heavy atom. The highest BCUT2D eigenvalue weighted by Gasteiger charge is 2.21. The quantitative estimate of drug-likeness (QED) is 0.795. The van der Waals surface area contributed by atoms with Gasteiger partial charge in [-0.3, -0.25) is 0 Å². The molecule has 0 atom stereocenters. The van der Waals surface area contributed by atoms with Crippen molar-refractivity contribution >= 4 is 16.0 Å². The van der Waals surface area contributed by atoms with Gasteiger partial charge in [0.2, 0.25) is 0 Å². The monoisotopic (exact) mass is 379 g/mol. The summed E-state index contributed by atoms with van der Waals surface area (Å²) < 4.78 is 38.1. The highest BCUT2D eigenvalue weighted by molar-refractivity contribution is 7.87. The van der Waals surface area contributed by atoms with Crippen LogP contribution in [0.4, 0.5) is 10.2 Å². The molecule has 1 aliphatic heterocycles. The van der Waals surface area contributed by atoms with E-state index in [1.54, 1.807) is 24.3 Å². The van der Waals surface area contributed by atoms with Gasteiger partial charge in [-0.1, -0.05) is 12.1 Å². The topological polar surface area (TPSA) is 101 Å². The Labute approximate surface area is 152 Å². The lowest BCUT2D eigenvalue weighted by Crippen LogP contribution is -2.36. The molecule has 2 aromatic rings. The van der Waals surface area contributed by atoms with Gasteiger partial charge in [0.15, 0.2) is 0 Å². The molecular formula is C17H22FN5O2S. The molecule has 1 aliphatic rings. The van der Waals surface area contributed by atoms with Gasteiger partial charge >= 0.3 is 0 Å². The Balaban J connectivity index is 1.60. The molecule has 0 radical (unpaired) electrons. The smallest absolute Gasteiger partial charge is 0.274 e. The molecule has 0 spiro atoms. The summed E-state index contributed by atoms with van der Waals surface area (Å²) in [5.74, 6) is 0.908. The second-order valence-electron chi connectivity index (χ2n) is 6.40. The fraction of sp³-hybridized carbons (Fsp3) is 0.412. The Morgan fingerprint density at radius 1 is 1.23 bits per heavy atom. The molecule has 3 N–H and O–H groups in total. The van der Waals surface area contributed by atoms with E-state index in [-0.39, 0.29) is 5.82 Å². The van der Waals surface area contributed by atoms with Crippen LogP contribution >= 0.6 is 0 Å². The molecule has 0 bridgehead atoms. The van der Waals surface area contributed by atoms with Crippen molar-refractivity contribution < 1.29 is 12.8 Å². The van der Waals surface area contributed by atoms with Gasteiger partial charge in [-0.25, -0.2) is 24.2 Å². The predicted molar refractivity (Wildman–Crippen MR) is 98.1 cm³/mol. The molecule has 1 saturated heterocycles. The van der Waals surface area contributed by atoms with E-state index in [0.29, 0.717) is 23.7 Å². The van der Waals surface area contributed by atoms with Gasteiger partial charge in [-0.2, -0.15) is 8.42 Å². The second-order valence-corrected chi connectivity index (χ2v) is 7.78. The maximum absolute atomic E-state index is 14.0. The number of hydrogen-bond donors (Lipinski definition) is 2. The lowest BCUT2D eigenvalue weighted by molar-refractivity contribution is 0.380. The number of anilines is 1. The van der Waals surface area contributed by atoms with Crippen LogP contribution in [-0.2, 0) is 10.2 Å². The molecule has 2 heterocycles. The minimum atomic E-state index is -3.62. The molecule has 0 aliphatic carbocycles. The van der Waals surface area contributed by atoms with Crippen LogP contribution in [0.5, 0.6) is 0 Å². The summed E-state index contributed by atoms with van der Waals surface area (Å²) in [7, 11) is -3.62. The van der Waals surface area contributed by atoms with Crippen molar-refractivity contribution in [2.75, 3.05) is 24.5 Å². The molecule has 1 aromatic carbocycles. The standard InChI is InChI=1S/C17H22FN5O2S/c18-15-4-2-1-3-14(15)16-11-17(21-12-20-16)23-9-6-13(7-10-23)5-8-22-26(19,24)25/h1-4,11-13,22H,5-10H2,(H2,19,24,25). The van der Waals surface area contributed by atoms with Gasteiger partial charge in [0, 0.05) is 31.3 Å². The van der Waals surface area contributed by atoms with Gasteiger partial charge in [-0.15, -0.1) is 0 Å². The minimum absolute atomic E-state index is 0.307. The SMILES string of the molecule is NS(=O)(=O)NCCC1CCN(c2cc(-c3ccccc3F)ncn2)CC1. The van der Waals surface area contributed by atoms with Crippen molar-refractivity contribution in [2.45, 2.75) is 19.3 Å². The molecule has 1 aromatic heterocycles. The normalized spacial score (nSPS) is 16.0. The van der Waals surface area contributed by atoms with E-state index in [1.807, 2.05) is 0 Å². The molecule has 1 fully saturated rings. The summed E-state index contributed by atoms with van der Waals surface area (Å²) in [4.78, 5) is 10.7. The zero-order valence-electron chi connectivity index (χ0n) is 14.3. The van der Waals surface area contributed by atoms with Gasteiger partial charge < -0.3 is 4.90 Å². The molecule has 140 valence electrons. The number of rotatable bonds is 6. The number of nitrogens with one attached hydrogen (secondary N) is 1. The first kappa shape index (κ1) is 18.7. The summed E-state index contributed by atoms with van der Waals surface area (Å²) in [5.41, 5.74) is 1.02. The number of hydrogen-bond acceptors (Lipinski definition) is 5. The summed E-state index contributed by atoms with van der Waals surface area (Å²) in [6.45, 7) is 1.98. The zero-order valence-corrected chi connectivity index (χ0v) is 15.1. The average molecular weight is 379 g/mol. The fourth-order valence-corrected chi connectivity index (χ4v) is 3.59. The second kappa shape index (κ2) is 8.07. The number of aromatic nitrogens is 2. The number of halogens is 1. The Hall–Kier alpha value is -2.10. The maximum Gasteiger partial charge on any atom is 0.274 e. The fourth-order valence-electron chi connectivity index (χ4n) is 3.19.